The van der Waals surface area contributed by atoms with Gasteiger partial charge in [-0.05, 0) is 57.0 Å². The summed E-state index contributed by atoms with van der Waals surface area (Å²) in [6.45, 7) is 5.46. The number of nitrogens with zero attached hydrogens (tertiary/aromatic N) is 3. The first-order valence-electron chi connectivity index (χ1n) is 11.6. The molecule has 4 aromatic rings. The third-order valence-electron chi connectivity index (χ3n) is 6.45. The number of ether oxygens (including phenoxy) is 1. The minimum Gasteiger partial charge on any atom is -0.376 e. The summed E-state index contributed by atoms with van der Waals surface area (Å²) in [5.41, 5.74) is 2.81. The number of aryl methyl sites for hydroxylation is 1. The number of hydrogen-bond acceptors (Lipinski definition) is 5. The third kappa shape index (κ3) is 4.56. The van der Waals surface area contributed by atoms with Crippen LogP contribution in [0.5, 0.6) is 0 Å². The van der Waals surface area contributed by atoms with Crippen LogP contribution in [-0.2, 0) is 11.3 Å². The maximum atomic E-state index is 14.7. The van der Waals surface area contributed by atoms with E-state index in [1.165, 1.54) is 16.7 Å². The molecule has 180 valence electrons. The van der Waals surface area contributed by atoms with Gasteiger partial charge in [0.15, 0.2) is 10.9 Å². The summed E-state index contributed by atoms with van der Waals surface area (Å²) in [5, 5.41) is 0.671. The van der Waals surface area contributed by atoms with E-state index in [4.69, 9.17) is 4.74 Å². The number of fused-ring (bicyclic) bond motifs is 1. The molecular weight excluding hydrogens is 465 g/mol. The molecule has 1 fully saturated rings. The summed E-state index contributed by atoms with van der Waals surface area (Å²) in [6.07, 6.45) is 2.26. The van der Waals surface area contributed by atoms with E-state index in [-0.39, 0.29) is 34.0 Å². The number of rotatable bonds is 7. The van der Waals surface area contributed by atoms with Gasteiger partial charge in [-0.3, -0.25) is 14.2 Å². The van der Waals surface area contributed by atoms with E-state index in [1.807, 2.05) is 19.9 Å². The van der Waals surface area contributed by atoms with Crippen molar-refractivity contribution in [1.82, 2.24) is 14.1 Å². The van der Waals surface area contributed by atoms with Crippen LogP contribution in [0.1, 0.15) is 34.6 Å². The second kappa shape index (κ2) is 9.79. The summed E-state index contributed by atoms with van der Waals surface area (Å²) in [6, 6.07) is 15.0. The van der Waals surface area contributed by atoms with Crippen molar-refractivity contribution in [3.63, 3.8) is 0 Å². The molecule has 2 aromatic heterocycles. The molecule has 1 saturated heterocycles. The van der Waals surface area contributed by atoms with Crippen molar-refractivity contribution in [1.29, 1.82) is 0 Å². The molecule has 6 nitrogen and oxygen atoms in total. The zero-order valence-corrected chi connectivity index (χ0v) is 20.5. The Bertz CT molecular complexity index is 1470. The molecule has 0 N–H and O–H groups in total. The van der Waals surface area contributed by atoms with Crippen LogP contribution in [0, 0.1) is 19.7 Å². The molecule has 0 saturated carbocycles. The van der Waals surface area contributed by atoms with Gasteiger partial charge in [0, 0.05) is 30.1 Å². The first-order chi connectivity index (χ1) is 16.9. The Kier molecular flexibility index (Phi) is 6.58. The topological polar surface area (TPSA) is 66.1 Å². The SMILES string of the molecule is Cc1cc(C(=O)CSc2nc3ccccc3c(=O)n2-c2ccccc2F)c(C)n1C[C@H]1CCCO1. The smallest absolute Gasteiger partial charge is 0.266 e. The van der Waals surface area contributed by atoms with Crippen LogP contribution in [0.2, 0.25) is 0 Å². The van der Waals surface area contributed by atoms with E-state index >= 15 is 0 Å². The lowest BCUT2D eigenvalue weighted by Crippen LogP contribution is -2.23. The van der Waals surface area contributed by atoms with Gasteiger partial charge in [0.1, 0.15) is 5.82 Å². The van der Waals surface area contributed by atoms with Crippen molar-refractivity contribution in [2.45, 2.75) is 44.5 Å². The number of benzene rings is 2. The summed E-state index contributed by atoms with van der Waals surface area (Å²) in [5.74, 6) is -0.523. The lowest BCUT2D eigenvalue weighted by Gasteiger charge is -2.15. The largest absolute Gasteiger partial charge is 0.376 e. The van der Waals surface area contributed by atoms with E-state index in [1.54, 1.807) is 36.4 Å². The fraction of sp³-hybridized carbons (Fsp3) is 0.296. The average Bonchev–Trinajstić information content (AvgIpc) is 3.47. The predicted molar refractivity (Wildman–Crippen MR) is 135 cm³/mol. The molecule has 1 aliphatic heterocycles. The zero-order chi connectivity index (χ0) is 24.5. The number of aromatic nitrogens is 3. The number of ketones is 1. The van der Waals surface area contributed by atoms with Gasteiger partial charge in [-0.25, -0.2) is 9.37 Å². The second-order valence-electron chi connectivity index (χ2n) is 8.75. The van der Waals surface area contributed by atoms with E-state index in [0.717, 1.165) is 49.1 Å². The first-order valence-corrected chi connectivity index (χ1v) is 12.6. The molecule has 35 heavy (non-hydrogen) atoms. The van der Waals surface area contributed by atoms with Crippen LogP contribution in [0.25, 0.3) is 16.6 Å². The van der Waals surface area contributed by atoms with E-state index in [9.17, 15) is 14.0 Å². The molecule has 1 atom stereocenters. The summed E-state index contributed by atoms with van der Waals surface area (Å²) in [4.78, 5) is 31.2. The van der Waals surface area contributed by atoms with Crippen LogP contribution >= 0.6 is 11.8 Å². The number of para-hydroxylation sites is 2. The van der Waals surface area contributed by atoms with Crippen molar-refractivity contribution >= 4 is 28.4 Å². The normalized spacial score (nSPS) is 15.7. The van der Waals surface area contributed by atoms with Crippen molar-refractivity contribution < 1.29 is 13.9 Å². The Morgan fingerprint density at radius 2 is 1.94 bits per heavy atom. The van der Waals surface area contributed by atoms with Crippen LogP contribution in [0.15, 0.2) is 64.5 Å². The van der Waals surface area contributed by atoms with Gasteiger partial charge in [-0.1, -0.05) is 36.0 Å². The van der Waals surface area contributed by atoms with Crippen LogP contribution in [0.3, 0.4) is 0 Å². The Morgan fingerprint density at radius 3 is 2.71 bits per heavy atom. The number of halogens is 1. The van der Waals surface area contributed by atoms with Gasteiger partial charge in [-0.2, -0.15) is 0 Å². The highest BCUT2D eigenvalue weighted by atomic mass is 32.2. The molecule has 2 aromatic carbocycles. The molecule has 0 amide bonds. The van der Waals surface area contributed by atoms with Crippen molar-refractivity contribution in [3.8, 4) is 5.69 Å². The molecule has 8 heteroatoms. The van der Waals surface area contributed by atoms with Gasteiger partial charge >= 0.3 is 0 Å². The number of thioether (sulfide) groups is 1. The molecule has 0 bridgehead atoms. The average molecular weight is 492 g/mol. The molecule has 5 rings (SSSR count). The first kappa shape index (κ1) is 23.5. The maximum Gasteiger partial charge on any atom is 0.266 e. The molecular formula is C27H26FN3O3S. The number of Topliss-reactive ketones (excluding diaryl/α,β-unsaturated/α-hetero) is 1. The highest BCUT2D eigenvalue weighted by Crippen LogP contribution is 2.26. The summed E-state index contributed by atoms with van der Waals surface area (Å²) < 4.78 is 23.9. The Balaban J connectivity index is 1.46. The van der Waals surface area contributed by atoms with E-state index in [2.05, 4.69) is 9.55 Å². The van der Waals surface area contributed by atoms with E-state index < -0.39 is 5.82 Å². The molecule has 0 spiro atoms. The van der Waals surface area contributed by atoms with Gasteiger partial charge in [0.2, 0.25) is 0 Å². The summed E-state index contributed by atoms with van der Waals surface area (Å²) in [7, 11) is 0. The fourth-order valence-corrected chi connectivity index (χ4v) is 5.51. The van der Waals surface area contributed by atoms with Crippen LogP contribution in [-0.4, -0.2) is 38.4 Å². The van der Waals surface area contributed by atoms with Crippen LogP contribution in [0.4, 0.5) is 4.39 Å². The lowest BCUT2D eigenvalue weighted by atomic mass is 10.2. The number of hydrogen-bond donors (Lipinski definition) is 0. The van der Waals surface area contributed by atoms with Crippen molar-refractivity contribution in [3.05, 3.63) is 87.7 Å². The fourth-order valence-electron chi connectivity index (χ4n) is 4.62. The minimum absolute atomic E-state index is 0.0656. The predicted octanol–water partition coefficient (Wildman–Crippen LogP) is 5.10. The highest BCUT2D eigenvalue weighted by Gasteiger charge is 2.22. The van der Waals surface area contributed by atoms with Gasteiger partial charge in [-0.15, -0.1) is 0 Å². The zero-order valence-electron chi connectivity index (χ0n) is 19.7. The van der Waals surface area contributed by atoms with Gasteiger partial charge < -0.3 is 9.30 Å². The molecule has 1 aliphatic rings. The molecule has 3 heterocycles. The molecule has 0 aliphatic carbocycles. The highest BCUT2D eigenvalue weighted by molar-refractivity contribution is 7.99. The second-order valence-corrected chi connectivity index (χ2v) is 9.69. The lowest BCUT2D eigenvalue weighted by molar-refractivity contribution is 0.0957. The van der Waals surface area contributed by atoms with Crippen LogP contribution < -0.4 is 5.56 Å². The summed E-state index contributed by atoms with van der Waals surface area (Å²) >= 11 is 1.14. The third-order valence-corrected chi connectivity index (χ3v) is 7.39. The van der Waals surface area contributed by atoms with E-state index in [0.29, 0.717) is 16.5 Å². The van der Waals surface area contributed by atoms with Crippen molar-refractivity contribution in [2.75, 3.05) is 12.4 Å². The standard InChI is InChI=1S/C27H26FN3O3S/c1-17-14-21(18(2)30(17)15-19-8-7-13-34-19)25(32)16-35-27-29-23-11-5-3-9-20(23)26(33)31(27)24-12-6-4-10-22(24)28/h3-6,9-12,14,19H,7-8,13,15-16H2,1-2H3/t19-/m1/s1. The van der Waals surface area contributed by atoms with Gasteiger partial charge in [0.05, 0.1) is 28.4 Å². The maximum absolute atomic E-state index is 14.7. The van der Waals surface area contributed by atoms with Gasteiger partial charge in [0.25, 0.3) is 5.56 Å². The monoisotopic (exact) mass is 491 g/mol. The number of carbonyl (C=O) groups excluding carboxylic acids is 1. The minimum atomic E-state index is -0.530. The Labute approximate surface area is 206 Å². The number of carbonyl (C=O) groups is 1. The Hall–Kier alpha value is -3.23. The molecule has 0 unspecified atom stereocenters. The quantitative estimate of drug-likeness (QED) is 0.205. The molecule has 0 radical (unpaired) electrons. The Morgan fingerprint density at radius 1 is 1.17 bits per heavy atom. The van der Waals surface area contributed by atoms with Crippen molar-refractivity contribution in [2.24, 2.45) is 0 Å².